The number of carbonyl (C=O) groups is 12. The molecule has 518 valence electrons. The standard InChI is InChI=1S/C63H102N16O14/c1-7-36(4)13-11-12-16-50(82)70-42(21-27-64)58(88)79-52(38(6)81)63(93)75-45(24-30-67)55(85)74-47-26-32-69-62(92)51(37(5)80)78-59(89)46(25-31-68)72-54(84)43(22-28-65)73-60(90)48(33-35(2)3)76-61(91)49(77-56(86)44(23-29-66)71-57(47)87)34-39-17-19-41(20-18-39)53(83)40-14-9-8-10-15-40/h8-10,14-15,17-20,35-38,42-49,51-52,80-81H,7,11-13,16,21-34,64-68H2,1-6H3,(H,69,92)(H,70,82)(H,71,87)(H,72,84)(H,73,90)(H,74,85)(H,75,93)(H,76,91)(H,77,86)(H,78,89)(H,79,88)/t36-,37+,38+,42-,43-,44-,45-,46-,47-,48-,49+,51-,52-/m0/s1. The van der Waals surface area contributed by atoms with Crippen LogP contribution in [0.1, 0.15) is 140 Å². The predicted octanol–water partition coefficient (Wildman–Crippen LogP) is -4.01. The highest BCUT2D eigenvalue weighted by Gasteiger charge is 2.38. The summed E-state index contributed by atoms with van der Waals surface area (Å²) in [7, 11) is 0. The quantitative estimate of drug-likeness (QED) is 0.0253. The number of aliphatic hydroxyl groups is 2. The minimum Gasteiger partial charge on any atom is -0.391 e. The number of nitrogens with one attached hydrogen (secondary N) is 11. The molecule has 1 heterocycles. The summed E-state index contributed by atoms with van der Waals surface area (Å²) < 4.78 is 0. The normalized spacial score (nSPS) is 21.9. The molecule has 1 fully saturated rings. The third kappa shape index (κ3) is 27.2. The second kappa shape index (κ2) is 41.6. The summed E-state index contributed by atoms with van der Waals surface area (Å²) >= 11 is 0. The van der Waals surface area contributed by atoms with E-state index < -0.39 is 151 Å². The molecule has 0 radical (unpaired) electrons. The Balaban J connectivity index is 2.13. The van der Waals surface area contributed by atoms with Crippen molar-refractivity contribution in [3.63, 3.8) is 0 Å². The van der Waals surface area contributed by atoms with Gasteiger partial charge < -0.3 is 97.4 Å². The van der Waals surface area contributed by atoms with Crippen LogP contribution in [0.2, 0.25) is 0 Å². The number of hydrogen-bond acceptors (Lipinski definition) is 19. The zero-order valence-corrected chi connectivity index (χ0v) is 54.4. The van der Waals surface area contributed by atoms with Crippen LogP contribution in [0.3, 0.4) is 0 Å². The predicted molar refractivity (Wildman–Crippen MR) is 346 cm³/mol. The monoisotopic (exact) mass is 1310 g/mol. The Kier molecular flexibility index (Phi) is 35.4. The maximum atomic E-state index is 14.7. The van der Waals surface area contributed by atoms with Crippen molar-refractivity contribution < 1.29 is 67.7 Å². The molecular formula is C63H102N16O14. The van der Waals surface area contributed by atoms with Crippen molar-refractivity contribution in [1.82, 2.24) is 58.5 Å². The minimum absolute atomic E-state index is 0.00544. The molecule has 1 aliphatic heterocycles. The van der Waals surface area contributed by atoms with E-state index in [0.29, 0.717) is 29.0 Å². The highest BCUT2D eigenvalue weighted by atomic mass is 16.3. The number of aliphatic hydroxyl groups excluding tert-OH is 2. The summed E-state index contributed by atoms with van der Waals surface area (Å²) in [5, 5.41) is 49.8. The summed E-state index contributed by atoms with van der Waals surface area (Å²) in [4.78, 5) is 169. The minimum atomic E-state index is -1.72. The Morgan fingerprint density at radius 3 is 1.55 bits per heavy atom. The first kappa shape index (κ1) is 79.2. The fourth-order valence-corrected chi connectivity index (χ4v) is 10.1. The van der Waals surface area contributed by atoms with Crippen LogP contribution in [0.25, 0.3) is 0 Å². The first-order valence-electron chi connectivity index (χ1n) is 32.1. The lowest BCUT2D eigenvalue weighted by atomic mass is 9.98. The van der Waals surface area contributed by atoms with E-state index in [-0.39, 0.29) is 95.8 Å². The highest BCUT2D eigenvalue weighted by Crippen LogP contribution is 2.16. The molecule has 2 aromatic rings. The number of carbonyl (C=O) groups excluding carboxylic acids is 12. The average Bonchev–Trinajstić information content (AvgIpc) is 2.28. The fraction of sp³-hybridized carbons (Fsp3) is 0.619. The number of benzene rings is 2. The third-order valence-electron chi connectivity index (χ3n) is 15.7. The Hall–Kier alpha value is -8.00. The molecule has 13 atom stereocenters. The third-order valence-corrected chi connectivity index (χ3v) is 15.7. The number of unbranched alkanes of at least 4 members (excludes halogenated alkanes) is 1. The molecule has 1 saturated heterocycles. The van der Waals surface area contributed by atoms with E-state index in [0.717, 1.165) is 19.3 Å². The zero-order chi connectivity index (χ0) is 69.3. The first-order valence-corrected chi connectivity index (χ1v) is 32.1. The molecule has 2 aromatic carbocycles. The molecule has 11 amide bonds. The lowest BCUT2D eigenvalue weighted by molar-refractivity contribution is -0.137. The van der Waals surface area contributed by atoms with E-state index in [1.807, 2.05) is 0 Å². The zero-order valence-electron chi connectivity index (χ0n) is 54.4. The maximum absolute atomic E-state index is 14.7. The van der Waals surface area contributed by atoms with Crippen LogP contribution in [0.4, 0.5) is 0 Å². The smallest absolute Gasteiger partial charge is 0.245 e. The van der Waals surface area contributed by atoms with Crippen LogP contribution in [0, 0.1) is 11.8 Å². The number of nitrogens with two attached hydrogens (primary N) is 5. The van der Waals surface area contributed by atoms with Crippen LogP contribution < -0.4 is 87.2 Å². The van der Waals surface area contributed by atoms with Crippen LogP contribution in [0.15, 0.2) is 54.6 Å². The average molecular weight is 1310 g/mol. The van der Waals surface area contributed by atoms with Gasteiger partial charge in [0, 0.05) is 30.5 Å². The van der Waals surface area contributed by atoms with Crippen LogP contribution in [-0.4, -0.2) is 193 Å². The van der Waals surface area contributed by atoms with Gasteiger partial charge in [-0.3, -0.25) is 57.5 Å². The van der Waals surface area contributed by atoms with Gasteiger partial charge in [0.1, 0.15) is 60.4 Å². The van der Waals surface area contributed by atoms with Gasteiger partial charge in [-0.05, 0) is 115 Å². The van der Waals surface area contributed by atoms with Crippen molar-refractivity contribution in [1.29, 1.82) is 0 Å². The van der Waals surface area contributed by atoms with E-state index in [9.17, 15) is 67.7 Å². The van der Waals surface area contributed by atoms with Gasteiger partial charge in [-0.1, -0.05) is 102 Å². The van der Waals surface area contributed by atoms with Gasteiger partial charge in [-0.25, -0.2) is 0 Å². The molecule has 0 saturated carbocycles. The number of rotatable bonds is 31. The molecule has 30 heteroatoms. The Morgan fingerprint density at radius 2 is 1.03 bits per heavy atom. The van der Waals surface area contributed by atoms with Gasteiger partial charge in [0.05, 0.1) is 12.2 Å². The molecular weight excluding hydrogens is 1200 g/mol. The second-order valence-electron chi connectivity index (χ2n) is 24.0. The molecule has 3 rings (SSSR count). The molecule has 30 nitrogen and oxygen atoms in total. The topological polar surface area (TPSA) is 508 Å². The Labute approximate surface area is 543 Å². The van der Waals surface area contributed by atoms with Gasteiger partial charge in [0.25, 0.3) is 0 Å². The molecule has 0 unspecified atom stereocenters. The lowest BCUT2D eigenvalue weighted by Gasteiger charge is -2.29. The molecule has 0 aliphatic carbocycles. The summed E-state index contributed by atoms with van der Waals surface area (Å²) in [5.41, 5.74) is 30.7. The number of ketones is 1. The van der Waals surface area contributed by atoms with E-state index in [4.69, 9.17) is 28.7 Å². The molecule has 0 bridgehead atoms. The molecule has 23 N–H and O–H groups in total. The number of hydrogen-bond donors (Lipinski definition) is 18. The van der Waals surface area contributed by atoms with E-state index in [2.05, 4.69) is 72.3 Å². The second-order valence-corrected chi connectivity index (χ2v) is 24.0. The van der Waals surface area contributed by atoms with Crippen molar-refractivity contribution in [2.24, 2.45) is 40.5 Å². The Bertz CT molecular complexity index is 2780. The van der Waals surface area contributed by atoms with Gasteiger partial charge in [-0.2, -0.15) is 0 Å². The highest BCUT2D eigenvalue weighted by molar-refractivity contribution is 6.09. The summed E-state index contributed by atoms with van der Waals surface area (Å²) in [5.74, 6) is -10.1. The van der Waals surface area contributed by atoms with Crippen LogP contribution >= 0.6 is 0 Å². The van der Waals surface area contributed by atoms with E-state index in [1.54, 1.807) is 56.3 Å². The van der Waals surface area contributed by atoms with Crippen molar-refractivity contribution in [2.45, 2.75) is 198 Å². The van der Waals surface area contributed by atoms with Crippen molar-refractivity contribution in [3.05, 3.63) is 71.3 Å². The van der Waals surface area contributed by atoms with Crippen molar-refractivity contribution >= 4 is 70.8 Å². The maximum Gasteiger partial charge on any atom is 0.245 e. The van der Waals surface area contributed by atoms with Crippen LogP contribution in [-0.2, 0) is 59.2 Å². The summed E-state index contributed by atoms with van der Waals surface area (Å²) in [6.07, 6.45) is -1.51. The van der Waals surface area contributed by atoms with Crippen LogP contribution in [0.5, 0.6) is 0 Å². The SMILES string of the molecule is CC[C@H](C)CCCCC(=O)N[C@@H](CCN)C(=O)N[C@H](C(=O)N[C@@H](CCN)C(=O)N[C@H]1CCNC(=O)[C@H]([C@@H](C)O)NC(=O)[C@H](CCN)NC(=O)[C@H](CCN)NC(=O)[C@H](CC(C)C)NC(=O)[C@@H](Cc2ccc(C(=O)c3ccccc3)cc2)NC(=O)[C@H](CCN)NC1=O)[C@@H](C)O. The largest absolute Gasteiger partial charge is 0.391 e. The fourth-order valence-electron chi connectivity index (χ4n) is 10.1. The van der Waals surface area contributed by atoms with Crippen molar-refractivity contribution in [2.75, 3.05) is 39.3 Å². The number of amides is 11. The lowest BCUT2D eigenvalue weighted by Crippen LogP contribution is -2.62. The molecule has 0 spiro atoms. The molecule has 0 aromatic heterocycles. The first-order chi connectivity index (χ1) is 44.2. The summed E-state index contributed by atoms with van der Waals surface area (Å²) in [6.45, 7) is 8.78. The molecule has 1 aliphatic rings. The summed E-state index contributed by atoms with van der Waals surface area (Å²) in [6, 6.07) is -0.569. The van der Waals surface area contributed by atoms with Gasteiger partial charge in [0.2, 0.25) is 65.0 Å². The molecule has 93 heavy (non-hydrogen) atoms. The Morgan fingerprint density at radius 1 is 0.538 bits per heavy atom. The van der Waals surface area contributed by atoms with Gasteiger partial charge in [-0.15, -0.1) is 0 Å². The van der Waals surface area contributed by atoms with Gasteiger partial charge in [0.15, 0.2) is 5.78 Å². The van der Waals surface area contributed by atoms with Gasteiger partial charge >= 0.3 is 0 Å². The van der Waals surface area contributed by atoms with Crippen molar-refractivity contribution in [3.8, 4) is 0 Å². The van der Waals surface area contributed by atoms with E-state index >= 15 is 0 Å². The van der Waals surface area contributed by atoms with E-state index in [1.165, 1.54) is 26.0 Å².